The fraction of sp³-hybridized carbons (Fsp3) is 0.300. The van der Waals surface area contributed by atoms with Gasteiger partial charge < -0.3 is 4.74 Å². The van der Waals surface area contributed by atoms with E-state index in [1.807, 2.05) is 0 Å². The van der Waals surface area contributed by atoms with Crippen LogP contribution in [0.25, 0.3) is 0 Å². The number of hydrogen-bond acceptors (Lipinski definition) is 2. The molecule has 0 saturated carbocycles. The summed E-state index contributed by atoms with van der Waals surface area (Å²) in [5.74, 6) is -1.15. The molecule has 0 unspecified atom stereocenters. The molecule has 1 aromatic carbocycles. The molecule has 82 valence electrons. The highest BCUT2D eigenvalue weighted by atomic mass is 35.5. The van der Waals surface area contributed by atoms with Gasteiger partial charge in [-0.3, -0.25) is 4.79 Å². The van der Waals surface area contributed by atoms with Gasteiger partial charge in [0.25, 0.3) is 0 Å². The Balaban J connectivity index is 3.12. The van der Waals surface area contributed by atoms with Crippen molar-refractivity contribution in [3.05, 3.63) is 28.8 Å². The Morgan fingerprint density at radius 3 is 2.73 bits per heavy atom. The van der Waals surface area contributed by atoms with Crippen molar-refractivity contribution in [3.63, 3.8) is 0 Å². The summed E-state index contributed by atoms with van der Waals surface area (Å²) in [6, 6.07) is 4.07. The largest absolute Gasteiger partial charge is 0.493 e. The van der Waals surface area contributed by atoms with Crippen LogP contribution in [0.15, 0.2) is 18.2 Å². The number of hydrogen-bond donors (Lipinski definition) is 0. The van der Waals surface area contributed by atoms with Crippen LogP contribution in [0.2, 0.25) is 5.02 Å². The summed E-state index contributed by atoms with van der Waals surface area (Å²) in [5, 5.41) is 0.224. The van der Waals surface area contributed by atoms with Crippen molar-refractivity contribution in [1.29, 1.82) is 0 Å². The van der Waals surface area contributed by atoms with Crippen molar-refractivity contribution >= 4 is 17.4 Å². The summed E-state index contributed by atoms with van der Waals surface area (Å²) in [6.07, 6.45) is -3.05. The van der Waals surface area contributed by atoms with Crippen LogP contribution in [0, 0.1) is 0 Å². The lowest BCUT2D eigenvalue weighted by atomic mass is 10.1. The molecule has 0 heterocycles. The van der Waals surface area contributed by atoms with Crippen LogP contribution < -0.4 is 4.74 Å². The van der Waals surface area contributed by atoms with Crippen molar-refractivity contribution < 1.29 is 18.3 Å². The molecule has 0 aliphatic rings. The maximum absolute atomic E-state index is 12.2. The molecule has 0 aromatic heterocycles. The smallest absolute Gasteiger partial charge is 0.300 e. The van der Waals surface area contributed by atoms with Gasteiger partial charge in [0.05, 0.1) is 12.2 Å². The second kappa shape index (κ2) is 5.07. The molecule has 0 N–H and O–H groups in total. The molecule has 0 fully saturated rings. The molecular formula is C10H9ClF2O2. The van der Waals surface area contributed by atoms with E-state index < -0.39 is 12.2 Å². The third-order valence-corrected chi connectivity index (χ3v) is 1.94. The van der Waals surface area contributed by atoms with E-state index in [2.05, 4.69) is 0 Å². The predicted molar refractivity (Wildman–Crippen MR) is 53.0 cm³/mol. The second-order valence-electron chi connectivity index (χ2n) is 2.74. The van der Waals surface area contributed by atoms with Crippen LogP contribution in [0.5, 0.6) is 5.75 Å². The minimum atomic E-state index is -3.05. The number of benzene rings is 1. The van der Waals surface area contributed by atoms with E-state index in [-0.39, 0.29) is 16.3 Å². The number of Topliss-reactive ketones (excluding diaryl/α,β-unsaturated/α-hetero) is 1. The Labute approximate surface area is 90.8 Å². The SMILES string of the molecule is CCOc1ccc(Cl)cc1C(=O)C(F)F. The van der Waals surface area contributed by atoms with Gasteiger partial charge >= 0.3 is 6.43 Å². The number of carbonyl (C=O) groups is 1. The molecule has 0 aliphatic carbocycles. The highest BCUT2D eigenvalue weighted by Gasteiger charge is 2.22. The average molecular weight is 235 g/mol. The lowest BCUT2D eigenvalue weighted by Crippen LogP contribution is -2.12. The van der Waals surface area contributed by atoms with Gasteiger partial charge in [-0.05, 0) is 25.1 Å². The Hall–Kier alpha value is -1.16. The van der Waals surface area contributed by atoms with Gasteiger partial charge in [0.1, 0.15) is 5.75 Å². The summed E-state index contributed by atoms with van der Waals surface area (Å²) >= 11 is 5.61. The molecule has 1 rings (SSSR count). The Morgan fingerprint density at radius 2 is 2.20 bits per heavy atom. The van der Waals surface area contributed by atoms with Crippen molar-refractivity contribution in [2.24, 2.45) is 0 Å². The third-order valence-electron chi connectivity index (χ3n) is 1.71. The minimum absolute atomic E-state index is 0.132. The topological polar surface area (TPSA) is 26.3 Å². The van der Waals surface area contributed by atoms with Gasteiger partial charge in [0.2, 0.25) is 5.78 Å². The lowest BCUT2D eigenvalue weighted by Gasteiger charge is -2.09. The van der Waals surface area contributed by atoms with Crippen molar-refractivity contribution in [1.82, 2.24) is 0 Å². The average Bonchev–Trinajstić information content (AvgIpc) is 2.20. The zero-order valence-electron chi connectivity index (χ0n) is 7.97. The van der Waals surface area contributed by atoms with E-state index in [0.717, 1.165) is 0 Å². The molecule has 1 aromatic rings. The zero-order chi connectivity index (χ0) is 11.4. The van der Waals surface area contributed by atoms with Gasteiger partial charge in [0.15, 0.2) is 0 Å². The standard InChI is InChI=1S/C10H9ClF2O2/c1-2-15-8-4-3-6(11)5-7(8)9(14)10(12)13/h3-5,10H,2H2,1H3. The second-order valence-corrected chi connectivity index (χ2v) is 3.17. The summed E-state index contributed by atoms with van der Waals surface area (Å²) in [4.78, 5) is 11.1. The van der Waals surface area contributed by atoms with E-state index in [1.165, 1.54) is 18.2 Å². The maximum Gasteiger partial charge on any atom is 0.300 e. The van der Waals surface area contributed by atoms with E-state index in [0.29, 0.717) is 6.61 Å². The first-order valence-electron chi connectivity index (χ1n) is 4.31. The number of ether oxygens (including phenoxy) is 1. The van der Waals surface area contributed by atoms with E-state index in [1.54, 1.807) is 6.92 Å². The van der Waals surface area contributed by atoms with E-state index in [9.17, 15) is 13.6 Å². The van der Waals surface area contributed by atoms with Crippen LogP contribution in [0.4, 0.5) is 8.78 Å². The molecule has 0 spiro atoms. The predicted octanol–water partition coefficient (Wildman–Crippen LogP) is 3.19. The normalized spacial score (nSPS) is 10.5. The van der Waals surface area contributed by atoms with Gasteiger partial charge in [0, 0.05) is 5.02 Å². The van der Waals surface area contributed by atoms with Crippen molar-refractivity contribution in [3.8, 4) is 5.75 Å². The van der Waals surface area contributed by atoms with Gasteiger partial charge in [-0.25, -0.2) is 8.78 Å². The summed E-state index contributed by atoms with van der Waals surface area (Å²) in [5.41, 5.74) is -0.181. The molecule has 15 heavy (non-hydrogen) atoms. The molecule has 0 atom stereocenters. The molecular weight excluding hydrogens is 226 g/mol. The van der Waals surface area contributed by atoms with Gasteiger partial charge in [-0.15, -0.1) is 0 Å². The third kappa shape index (κ3) is 2.89. The molecule has 5 heteroatoms. The Morgan fingerprint density at radius 1 is 1.53 bits per heavy atom. The molecule has 0 aliphatic heterocycles. The van der Waals surface area contributed by atoms with Gasteiger partial charge in [-0.1, -0.05) is 11.6 Å². The number of carbonyl (C=O) groups excluding carboxylic acids is 1. The lowest BCUT2D eigenvalue weighted by molar-refractivity contribution is 0.0674. The van der Waals surface area contributed by atoms with E-state index >= 15 is 0 Å². The molecule has 0 amide bonds. The molecule has 0 saturated heterocycles. The molecule has 2 nitrogen and oxygen atoms in total. The Bertz CT molecular complexity index is 366. The molecule has 0 bridgehead atoms. The summed E-state index contributed by atoms with van der Waals surface area (Å²) in [6.45, 7) is 2.00. The fourth-order valence-corrected chi connectivity index (χ4v) is 1.27. The van der Waals surface area contributed by atoms with Crippen LogP contribution in [-0.2, 0) is 0 Å². The number of ketones is 1. The van der Waals surface area contributed by atoms with Crippen molar-refractivity contribution in [2.75, 3.05) is 6.61 Å². The monoisotopic (exact) mass is 234 g/mol. The van der Waals surface area contributed by atoms with Crippen LogP contribution >= 0.6 is 11.6 Å². The first-order chi connectivity index (χ1) is 7.06. The highest BCUT2D eigenvalue weighted by Crippen LogP contribution is 2.25. The number of halogens is 3. The van der Waals surface area contributed by atoms with Crippen LogP contribution in [0.3, 0.4) is 0 Å². The quantitative estimate of drug-likeness (QED) is 0.748. The zero-order valence-corrected chi connectivity index (χ0v) is 8.72. The molecule has 0 radical (unpaired) electrons. The highest BCUT2D eigenvalue weighted by molar-refractivity contribution is 6.31. The summed E-state index contributed by atoms with van der Waals surface area (Å²) in [7, 11) is 0. The Kier molecular flexibility index (Phi) is 4.03. The summed E-state index contributed by atoms with van der Waals surface area (Å²) < 4.78 is 29.5. The van der Waals surface area contributed by atoms with Crippen molar-refractivity contribution in [2.45, 2.75) is 13.3 Å². The maximum atomic E-state index is 12.2. The first kappa shape index (κ1) is 11.9. The fourth-order valence-electron chi connectivity index (χ4n) is 1.09. The van der Waals surface area contributed by atoms with Crippen LogP contribution in [0.1, 0.15) is 17.3 Å². The van der Waals surface area contributed by atoms with Gasteiger partial charge in [-0.2, -0.15) is 0 Å². The number of rotatable bonds is 4. The number of alkyl halides is 2. The van der Waals surface area contributed by atoms with Crippen LogP contribution in [-0.4, -0.2) is 18.8 Å². The minimum Gasteiger partial charge on any atom is -0.493 e. The first-order valence-corrected chi connectivity index (χ1v) is 4.68. The van der Waals surface area contributed by atoms with E-state index in [4.69, 9.17) is 16.3 Å².